The van der Waals surface area contributed by atoms with Crippen LogP contribution in [-0.2, 0) is 0 Å². The third-order valence-electron chi connectivity index (χ3n) is 2.97. The van der Waals surface area contributed by atoms with Crippen molar-refractivity contribution < 1.29 is 0 Å². The van der Waals surface area contributed by atoms with E-state index in [9.17, 15) is 0 Å². The molecule has 0 aliphatic carbocycles. The van der Waals surface area contributed by atoms with E-state index in [4.69, 9.17) is 0 Å². The zero-order valence-corrected chi connectivity index (χ0v) is 10.3. The quantitative estimate of drug-likeness (QED) is 0.781. The van der Waals surface area contributed by atoms with Gasteiger partial charge in [-0.3, -0.25) is 4.90 Å². The van der Waals surface area contributed by atoms with Gasteiger partial charge in [0.1, 0.15) is 0 Å². The predicted molar refractivity (Wildman–Crippen MR) is 63.3 cm³/mol. The Balaban J connectivity index is 2.07. The Bertz CT molecular complexity index is 318. The van der Waals surface area contributed by atoms with Gasteiger partial charge in [-0.25, -0.2) is 0 Å². The summed E-state index contributed by atoms with van der Waals surface area (Å²) in [6.07, 6.45) is 0. The first kappa shape index (κ1) is 10.2. The van der Waals surface area contributed by atoms with Gasteiger partial charge in [-0.2, -0.15) is 0 Å². The Morgan fingerprint density at radius 3 is 2.71 bits per heavy atom. The SMILES string of the molecule is CC1CN(C(C)c2cccc(Br)c2)C1. The van der Waals surface area contributed by atoms with Crippen molar-refractivity contribution in [3.8, 4) is 0 Å². The molecule has 1 unspecified atom stereocenters. The molecule has 14 heavy (non-hydrogen) atoms. The van der Waals surface area contributed by atoms with E-state index in [2.05, 4.69) is 58.9 Å². The van der Waals surface area contributed by atoms with Gasteiger partial charge in [0.15, 0.2) is 0 Å². The number of benzene rings is 1. The average molecular weight is 254 g/mol. The summed E-state index contributed by atoms with van der Waals surface area (Å²) in [6, 6.07) is 9.17. The van der Waals surface area contributed by atoms with Gasteiger partial charge in [0.05, 0.1) is 0 Å². The maximum Gasteiger partial charge on any atom is 0.0320 e. The van der Waals surface area contributed by atoms with Gasteiger partial charge in [0.25, 0.3) is 0 Å². The minimum atomic E-state index is 0.559. The van der Waals surface area contributed by atoms with Gasteiger partial charge < -0.3 is 0 Å². The summed E-state index contributed by atoms with van der Waals surface area (Å²) in [5.41, 5.74) is 1.41. The molecule has 0 saturated carbocycles. The molecule has 2 heteroatoms. The summed E-state index contributed by atoms with van der Waals surface area (Å²) in [7, 11) is 0. The Labute approximate surface area is 94.2 Å². The predicted octanol–water partition coefficient (Wildman–Crippen LogP) is 3.46. The molecule has 1 saturated heterocycles. The molecule has 1 aliphatic rings. The van der Waals surface area contributed by atoms with Crippen LogP contribution >= 0.6 is 15.9 Å². The van der Waals surface area contributed by atoms with Gasteiger partial charge in [0, 0.05) is 23.6 Å². The van der Waals surface area contributed by atoms with Crippen molar-refractivity contribution in [2.24, 2.45) is 5.92 Å². The number of hydrogen-bond donors (Lipinski definition) is 0. The molecule has 1 fully saturated rings. The van der Waals surface area contributed by atoms with Crippen LogP contribution in [0.5, 0.6) is 0 Å². The molecule has 0 bridgehead atoms. The third kappa shape index (κ3) is 2.01. The molecule has 0 spiro atoms. The molecule has 0 aromatic heterocycles. The topological polar surface area (TPSA) is 3.24 Å². The normalized spacial score (nSPS) is 20.5. The largest absolute Gasteiger partial charge is 0.296 e. The lowest BCUT2D eigenvalue weighted by molar-refractivity contribution is 0.0702. The molecular formula is C12H16BrN. The van der Waals surface area contributed by atoms with Crippen molar-refractivity contribution >= 4 is 15.9 Å². The molecule has 0 radical (unpaired) electrons. The summed E-state index contributed by atoms with van der Waals surface area (Å²) < 4.78 is 1.18. The number of nitrogens with zero attached hydrogens (tertiary/aromatic N) is 1. The fraction of sp³-hybridized carbons (Fsp3) is 0.500. The van der Waals surface area contributed by atoms with Crippen molar-refractivity contribution in [1.29, 1.82) is 0 Å². The van der Waals surface area contributed by atoms with E-state index in [1.807, 2.05) is 0 Å². The van der Waals surface area contributed by atoms with Crippen LogP contribution in [0.1, 0.15) is 25.5 Å². The molecule has 1 heterocycles. The summed E-state index contributed by atoms with van der Waals surface area (Å²) in [4.78, 5) is 2.52. The molecular weight excluding hydrogens is 238 g/mol. The number of rotatable bonds is 2. The Morgan fingerprint density at radius 2 is 2.14 bits per heavy atom. The minimum Gasteiger partial charge on any atom is -0.296 e. The Kier molecular flexibility index (Phi) is 2.93. The summed E-state index contributed by atoms with van der Waals surface area (Å²) in [6.45, 7) is 7.08. The first-order valence-electron chi connectivity index (χ1n) is 5.16. The van der Waals surface area contributed by atoms with E-state index >= 15 is 0 Å². The Hall–Kier alpha value is -0.340. The fourth-order valence-electron chi connectivity index (χ4n) is 2.04. The number of likely N-dealkylation sites (tertiary alicyclic amines) is 1. The molecule has 0 N–H and O–H groups in total. The van der Waals surface area contributed by atoms with Crippen LogP contribution in [0.4, 0.5) is 0 Å². The van der Waals surface area contributed by atoms with Crippen LogP contribution in [0.2, 0.25) is 0 Å². The van der Waals surface area contributed by atoms with Gasteiger partial charge in [-0.15, -0.1) is 0 Å². The lowest BCUT2D eigenvalue weighted by Crippen LogP contribution is -2.46. The van der Waals surface area contributed by atoms with Crippen LogP contribution in [0.15, 0.2) is 28.7 Å². The lowest BCUT2D eigenvalue weighted by Gasteiger charge is -2.41. The second kappa shape index (κ2) is 4.03. The van der Waals surface area contributed by atoms with Crippen LogP contribution in [0.25, 0.3) is 0 Å². The monoisotopic (exact) mass is 253 g/mol. The van der Waals surface area contributed by atoms with E-state index in [-0.39, 0.29) is 0 Å². The van der Waals surface area contributed by atoms with Crippen molar-refractivity contribution in [3.05, 3.63) is 34.3 Å². The third-order valence-corrected chi connectivity index (χ3v) is 3.46. The molecule has 2 rings (SSSR count). The molecule has 1 aliphatic heterocycles. The first-order valence-corrected chi connectivity index (χ1v) is 5.95. The summed E-state index contributed by atoms with van der Waals surface area (Å²) in [5, 5.41) is 0. The second-order valence-corrected chi connectivity index (χ2v) is 5.21. The second-order valence-electron chi connectivity index (χ2n) is 4.29. The maximum atomic E-state index is 3.51. The molecule has 76 valence electrons. The van der Waals surface area contributed by atoms with E-state index in [1.54, 1.807) is 0 Å². The highest BCUT2D eigenvalue weighted by atomic mass is 79.9. The van der Waals surface area contributed by atoms with Gasteiger partial charge in [0.2, 0.25) is 0 Å². The fourth-order valence-corrected chi connectivity index (χ4v) is 2.46. The van der Waals surface area contributed by atoms with E-state index in [0.29, 0.717) is 6.04 Å². The van der Waals surface area contributed by atoms with E-state index in [1.165, 1.54) is 23.1 Å². The van der Waals surface area contributed by atoms with Crippen molar-refractivity contribution in [2.45, 2.75) is 19.9 Å². The molecule has 1 aromatic carbocycles. The Morgan fingerprint density at radius 1 is 1.43 bits per heavy atom. The highest BCUT2D eigenvalue weighted by Gasteiger charge is 2.27. The van der Waals surface area contributed by atoms with Crippen LogP contribution < -0.4 is 0 Å². The number of halogens is 1. The number of hydrogen-bond acceptors (Lipinski definition) is 1. The van der Waals surface area contributed by atoms with Crippen LogP contribution in [0, 0.1) is 5.92 Å². The highest BCUT2D eigenvalue weighted by Crippen LogP contribution is 2.29. The zero-order valence-electron chi connectivity index (χ0n) is 8.70. The van der Waals surface area contributed by atoms with E-state index < -0.39 is 0 Å². The lowest BCUT2D eigenvalue weighted by atomic mass is 9.97. The summed E-state index contributed by atoms with van der Waals surface area (Å²) in [5.74, 6) is 0.879. The van der Waals surface area contributed by atoms with Crippen molar-refractivity contribution in [3.63, 3.8) is 0 Å². The van der Waals surface area contributed by atoms with Gasteiger partial charge in [-0.05, 0) is 30.5 Å². The molecule has 1 atom stereocenters. The van der Waals surface area contributed by atoms with Crippen LogP contribution in [-0.4, -0.2) is 18.0 Å². The smallest absolute Gasteiger partial charge is 0.0320 e. The average Bonchev–Trinajstić information content (AvgIpc) is 2.12. The molecule has 0 amide bonds. The van der Waals surface area contributed by atoms with Crippen LogP contribution in [0.3, 0.4) is 0 Å². The van der Waals surface area contributed by atoms with Gasteiger partial charge >= 0.3 is 0 Å². The first-order chi connectivity index (χ1) is 6.66. The zero-order chi connectivity index (χ0) is 10.1. The summed E-state index contributed by atoms with van der Waals surface area (Å²) >= 11 is 3.51. The molecule has 1 nitrogen and oxygen atoms in total. The van der Waals surface area contributed by atoms with E-state index in [0.717, 1.165) is 5.92 Å². The molecule has 1 aromatic rings. The standard InChI is InChI=1S/C12H16BrN/c1-9-7-14(8-9)10(2)11-4-3-5-12(13)6-11/h3-6,9-10H,7-8H2,1-2H3. The minimum absolute atomic E-state index is 0.559. The maximum absolute atomic E-state index is 3.51. The van der Waals surface area contributed by atoms with Gasteiger partial charge in [-0.1, -0.05) is 35.0 Å². The highest BCUT2D eigenvalue weighted by molar-refractivity contribution is 9.10. The van der Waals surface area contributed by atoms with Crippen molar-refractivity contribution in [1.82, 2.24) is 4.90 Å². The van der Waals surface area contributed by atoms with Crippen molar-refractivity contribution in [2.75, 3.05) is 13.1 Å².